The maximum absolute atomic E-state index is 10.7. The standard InChI is InChI=1S/C8H15NO6.C2H4O2/c1-3(11)9-5-7(13)6(12)4(2-10)15-8(5)14;1-2(3)4/h4-8,10,12-14H,2H2,1H3,(H,9,11);1H3,(H,3,4)/t4-,5-,6+,7-,8?;/m1./s1. The van der Waals surface area contributed by atoms with E-state index in [1.54, 1.807) is 0 Å². The molecule has 6 N–H and O–H groups in total. The van der Waals surface area contributed by atoms with E-state index in [2.05, 4.69) is 5.32 Å². The second kappa shape index (κ2) is 8.02. The highest BCUT2D eigenvalue weighted by molar-refractivity contribution is 5.73. The van der Waals surface area contributed by atoms with Crippen LogP contribution in [0.1, 0.15) is 13.8 Å². The summed E-state index contributed by atoms with van der Waals surface area (Å²) >= 11 is 0. The van der Waals surface area contributed by atoms with Crippen molar-refractivity contribution in [3.8, 4) is 0 Å². The van der Waals surface area contributed by atoms with E-state index in [-0.39, 0.29) is 0 Å². The molecular weight excluding hydrogens is 262 g/mol. The average molecular weight is 281 g/mol. The van der Waals surface area contributed by atoms with Gasteiger partial charge in [-0.25, -0.2) is 0 Å². The molecule has 9 heteroatoms. The minimum Gasteiger partial charge on any atom is -0.481 e. The molecular formula is C10H19NO8. The Kier molecular flexibility index (Phi) is 7.49. The molecule has 0 aromatic heterocycles. The van der Waals surface area contributed by atoms with Gasteiger partial charge < -0.3 is 35.6 Å². The molecule has 0 saturated carbocycles. The second-order valence-corrected chi connectivity index (χ2v) is 3.97. The predicted octanol–water partition coefficient (Wildman–Crippen LogP) is -2.99. The zero-order valence-corrected chi connectivity index (χ0v) is 10.6. The highest BCUT2D eigenvalue weighted by atomic mass is 16.6. The zero-order valence-electron chi connectivity index (χ0n) is 10.6. The van der Waals surface area contributed by atoms with Crippen molar-refractivity contribution in [3.05, 3.63) is 0 Å². The summed E-state index contributed by atoms with van der Waals surface area (Å²) in [6, 6.07) is -1.10. The fraction of sp³-hybridized carbons (Fsp3) is 0.800. The summed E-state index contributed by atoms with van der Waals surface area (Å²) < 4.78 is 4.81. The van der Waals surface area contributed by atoms with E-state index in [4.69, 9.17) is 19.7 Å². The monoisotopic (exact) mass is 281 g/mol. The van der Waals surface area contributed by atoms with Gasteiger partial charge in [0.2, 0.25) is 5.91 Å². The average Bonchev–Trinajstić information content (AvgIpc) is 2.28. The number of rotatable bonds is 2. The number of amides is 1. The van der Waals surface area contributed by atoms with Crippen LogP contribution in [0.25, 0.3) is 0 Å². The molecule has 1 heterocycles. The van der Waals surface area contributed by atoms with Crippen molar-refractivity contribution >= 4 is 11.9 Å². The molecule has 9 nitrogen and oxygen atoms in total. The second-order valence-electron chi connectivity index (χ2n) is 3.97. The van der Waals surface area contributed by atoms with Crippen LogP contribution in [0, 0.1) is 0 Å². The molecule has 5 atom stereocenters. The molecule has 1 saturated heterocycles. The molecule has 112 valence electrons. The molecule has 0 radical (unpaired) electrons. The van der Waals surface area contributed by atoms with Crippen molar-refractivity contribution in [2.24, 2.45) is 0 Å². The van der Waals surface area contributed by atoms with E-state index >= 15 is 0 Å². The number of hydrogen-bond acceptors (Lipinski definition) is 7. The summed E-state index contributed by atoms with van der Waals surface area (Å²) in [5.74, 6) is -1.30. The van der Waals surface area contributed by atoms with E-state index in [1.165, 1.54) is 6.92 Å². The lowest BCUT2D eigenvalue weighted by Crippen LogP contribution is -2.63. The number of ether oxygens (including phenoxy) is 1. The number of carboxylic acids is 1. The number of aliphatic hydroxyl groups is 4. The molecule has 0 spiro atoms. The molecule has 1 amide bonds. The van der Waals surface area contributed by atoms with Crippen LogP contribution < -0.4 is 5.32 Å². The third-order valence-corrected chi connectivity index (χ3v) is 2.27. The Labute approximate surface area is 109 Å². The first-order valence-corrected chi connectivity index (χ1v) is 5.47. The van der Waals surface area contributed by atoms with Gasteiger partial charge in [-0.1, -0.05) is 0 Å². The van der Waals surface area contributed by atoms with Crippen LogP contribution in [0.15, 0.2) is 0 Å². The molecule has 0 aromatic carbocycles. The van der Waals surface area contributed by atoms with Gasteiger partial charge in [0.1, 0.15) is 24.4 Å². The summed E-state index contributed by atoms with van der Waals surface area (Å²) in [5, 5.41) is 46.8. The van der Waals surface area contributed by atoms with Gasteiger partial charge in [-0.2, -0.15) is 0 Å². The zero-order chi connectivity index (χ0) is 15.2. The van der Waals surface area contributed by atoms with Gasteiger partial charge in [-0.3, -0.25) is 9.59 Å². The van der Waals surface area contributed by atoms with Crippen molar-refractivity contribution in [3.63, 3.8) is 0 Å². The number of aliphatic carboxylic acids is 1. The van der Waals surface area contributed by atoms with Gasteiger partial charge in [-0.05, 0) is 0 Å². The molecule has 1 aliphatic heterocycles. The molecule has 1 aliphatic rings. The van der Waals surface area contributed by atoms with Crippen molar-refractivity contribution in [1.82, 2.24) is 5.32 Å². The Hall–Kier alpha value is -1.26. The van der Waals surface area contributed by atoms with Gasteiger partial charge in [0.15, 0.2) is 6.29 Å². The normalized spacial score (nSPS) is 33.9. The summed E-state index contributed by atoms with van der Waals surface area (Å²) in [5.41, 5.74) is 0. The van der Waals surface area contributed by atoms with Gasteiger partial charge in [-0.15, -0.1) is 0 Å². The Balaban J connectivity index is 0.000000711. The van der Waals surface area contributed by atoms with Crippen molar-refractivity contribution in [1.29, 1.82) is 0 Å². The molecule has 0 aromatic rings. The first kappa shape index (κ1) is 17.7. The summed E-state index contributed by atoms with van der Waals surface area (Å²) in [7, 11) is 0. The van der Waals surface area contributed by atoms with Crippen LogP contribution in [0.4, 0.5) is 0 Å². The van der Waals surface area contributed by atoms with Crippen LogP contribution in [0.2, 0.25) is 0 Å². The lowest BCUT2D eigenvalue weighted by Gasteiger charge is -2.40. The van der Waals surface area contributed by atoms with Gasteiger partial charge >= 0.3 is 0 Å². The summed E-state index contributed by atoms with van der Waals surface area (Å²) in [6.45, 7) is 1.77. The van der Waals surface area contributed by atoms with E-state index in [1.807, 2.05) is 0 Å². The summed E-state index contributed by atoms with van der Waals surface area (Å²) in [6.07, 6.45) is -5.24. The number of carboxylic acid groups (broad SMARTS) is 1. The Morgan fingerprint density at radius 3 is 2.00 bits per heavy atom. The maximum Gasteiger partial charge on any atom is 0.300 e. The molecule has 19 heavy (non-hydrogen) atoms. The topological polar surface area (TPSA) is 157 Å². The van der Waals surface area contributed by atoms with Crippen LogP contribution >= 0.6 is 0 Å². The fourth-order valence-electron chi connectivity index (χ4n) is 1.49. The SMILES string of the molecule is CC(=O)N[C@H]1C(O)O[C@H](CO)[C@H](O)[C@@H]1O.CC(=O)O. The lowest BCUT2D eigenvalue weighted by atomic mass is 9.97. The number of nitrogens with one attached hydrogen (secondary N) is 1. The minimum absolute atomic E-state index is 0.462. The molecule has 1 rings (SSSR count). The number of carbonyl (C=O) groups excluding carboxylic acids is 1. The Morgan fingerprint density at radius 1 is 1.16 bits per heavy atom. The fourth-order valence-corrected chi connectivity index (χ4v) is 1.49. The first-order valence-electron chi connectivity index (χ1n) is 5.47. The van der Waals surface area contributed by atoms with Crippen LogP contribution in [0.3, 0.4) is 0 Å². The van der Waals surface area contributed by atoms with Gasteiger partial charge in [0.05, 0.1) is 6.61 Å². The highest BCUT2D eigenvalue weighted by Crippen LogP contribution is 2.19. The van der Waals surface area contributed by atoms with Crippen LogP contribution in [0.5, 0.6) is 0 Å². The largest absolute Gasteiger partial charge is 0.481 e. The third kappa shape index (κ3) is 5.94. The molecule has 0 bridgehead atoms. The predicted molar refractivity (Wildman–Crippen MR) is 60.9 cm³/mol. The molecule has 1 unspecified atom stereocenters. The van der Waals surface area contributed by atoms with Gasteiger partial charge in [0.25, 0.3) is 5.97 Å². The molecule has 1 fully saturated rings. The van der Waals surface area contributed by atoms with E-state index in [0.717, 1.165) is 6.92 Å². The highest BCUT2D eigenvalue weighted by Gasteiger charge is 2.43. The van der Waals surface area contributed by atoms with Gasteiger partial charge in [0, 0.05) is 13.8 Å². The van der Waals surface area contributed by atoms with Crippen LogP contribution in [-0.2, 0) is 14.3 Å². The minimum atomic E-state index is -1.45. The van der Waals surface area contributed by atoms with Crippen molar-refractivity contribution < 1.29 is 39.9 Å². The molecule has 0 aliphatic carbocycles. The van der Waals surface area contributed by atoms with Crippen molar-refractivity contribution in [2.45, 2.75) is 44.5 Å². The Bertz CT molecular complexity index is 306. The van der Waals surface area contributed by atoms with E-state index in [9.17, 15) is 20.1 Å². The quantitative estimate of drug-likeness (QED) is 0.313. The number of hydrogen-bond donors (Lipinski definition) is 6. The van der Waals surface area contributed by atoms with Crippen molar-refractivity contribution in [2.75, 3.05) is 6.61 Å². The first-order chi connectivity index (χ1) is 8.70. The number of aliphatic hydroxyl groups excluding tert-OH is 4. The smallest absolute Gasteiger partial charge is 0.300 e. The van der Waals surface area contributed by atoms with E-state index < -0.39 is 49.1 Å². The van der Waals surface area contributed by atoms with Crippen LogP contribution in [-0.4, -0.2) is 74.7 Å². The lowest BCUT2D eigenvalue weighted by molar-refractivity contribution is -0.253. The Morgan fingerprint density at radius 2 is 1.63 bits per heavy atom. The third-order valence-electron chi connectivity index (χ3n) is 2.27. The summed E-state index contributed by atoms with van der Waals surface area (Å²) in [4.78, 5) is 19.7. The number of carbonyl (C=O) groups is 2. The van der Waals surface area contributed by atoms with E-state index in [0.29, 0.717) is 0 Å². The maximum atomic E-state index is 10.7.